The van der Waals surface area contributed by atoms with Crippen molar-refractivity contribution in [3.05, 3.63) is 0 Å². The Kier molecular flexibility index (Phi) is 7.70. The Morgan fingerprint density at radius 1 is 1.07 bits per heavy atom. The average molecular weight is 409 g/mol. The third kappa shape index (κ3) is 4.60. The molecule has 2 saturated heterocycles. The highest BCUT2D eigenvalue weighted by atomic mass is 16.7. The van der Waals surface area contributed by atoms with Gasteiger partial charge in [-0.1, -0.05) is 0 Å². The molecule has 12 nitrogen and oxygen atoms in total. The van der Waals surface area contributed by atoms with Crippen LogP contribution in [0.1, 0.15) is 13.8 Å². The van der Waals surface area contributed by atoms with E-state index >= 15 is 0 Å². The van der Waals surface area contributed by atoms with Crippen molar-refractivity contribution in [1.82, 2.24) is 5.32 Å². The molecule has 2 fully saturated rings. The van der Waals surface area contributed by atoms with Gasteiger partial charge in [-0.3, -0.25) is 4.79 Å². The summed E-state index contributed by atoms with van der Waals surface area (Å²) in [5, 5.41) is 52.2. The van der Waals surface area contributed by atoms with E-state index in [-0.39, 0.29) is 0 Å². The summed E-state index contributed by atoms with van der Waals surface area (Å²) in [7, 11) is 1.16. The van der Waals surface area contributed by atoms with Gasteiger partial charge in [-0.25, -0.2) is 4.79 Å². The SMILES string of the molecule is COC1C(C(=O)O)OC(OC2C(O)C(CO)O[C@@H](C)C2NC(C)=O)C(O)C1O. The number of carbonyl (C=O) groups excluding carboxylic acids is 1. The van der Waals surface area contributed by atoms with Crippen LogP contribution < -0.4 is 5.32 Å². The van der Waals surface area contributed by atoms with Crippen LogP contribution in [0, 0.1) is 0 Å². The van der Waals surface area contributed by atoms with Gasteiger partial charge in [-0.15, -0.1) is 0 Å². The molecule has 0 aromatic heterocycles. The van der Waals surface area contributed by atoms with Crippen molar-refractivity contribution in [3.8, 4) is 0 Å². The first-order valence-electron chi connectivity index (χ1n) is 8.76. The average Bonchev–Trinajstić information content (AvgIpc) is 2.63. The van der Waals surface area contributed by atoms with Crippen LogP contribution in [0.4, 0.5) is 0 Å². The van der Waals surface area contributed by atoms with E-state index < -0.39 is 79.6 Å². The Morgan fingerprint density at radius 3 is 2.21 bits per heavy atom. The molecule has 0 bridgehead atoms. The minimum Gasteiger partial charge on any atom is -0.479 e. The predicted octanol–water partition coefficient (Wildman–Crippen LogP) is -3.44. The van der Waals surface area contributed by atoms with Crippen molar-refractivity contribution in [2.24, 2.45) is 0 Å². The first-order chi connectivity index (χ1) is 13.1. The number of aliphatic hydroxyl groups excluding tert-OH is 4. The van der Waals surface area contributed by atoms with E-state index in [4.69, 9.17) is 18.9 Å². The number of carboxylic acids is 1. The summed E-state index contributed by atoms with van der Waals surface area (Å²) in [6, 6.07) is -0.897. The fourth-order valence-electron chi connectivity index (χ4n) is 3.45. The molecule has 28 heavy (non-hydrogen) atoms. The molecular weight excluding hydrogens is 382 g/mol. The number of methoxy groups -OCH3 is 1. The number of nitrogens with one attached hydrogen (secondary N) is 1. The maximum Gasteiger partial charge on any atom is 0.335 e. The van der Waals surface area contributed by atoms with Crippen LogP contribution in [0.15, 0.2) is 0 Å². The molecule has 2 rings (SSSR count). The molecular formula is C16H27NO11. The third-order valence-corrected chi connectivity index (χ3v) is 4.87. The number of hydrogen-bond acceptors (Lipinski definition) is 10. The molecule has 10 atom stereocenters. The van der Waals surface area contributed by atoms with Crippen molar-refractivity contribution in [2.45, 2.75) is 75.0 Å². The summed E-state index contributed by atoms with van der Waals surface area (Å²) in [6.07, 6.45) is -12.4. The van der Waals surface area contributed by atoms with Crippen molar-refractivity contribution in [1.29, 1.82) is 0 Å². The topological polar surface area (TPSA) is 184 Å². The second kappa shape index (κ2) is 9.41. The van der Waals surface area contributed by atoms with Crippen LogP contribution in [0.25, 0.3) is 0 Å². The van der Waals surface area contributed by atoms with E-state index in [9.17, 15) is 35.1 Å². The highest BCUT2D eigenvalue weighted by Gasteiger charge is 2.52. The fourth-order valence-corrected chi connectivity index (χ4v) is 3.45. The van der Waals surface area contributed by atoms with E-state index in [0.717, 1.165) is 7.11 Å². The van der Waals surface area contributed by atoms with E-state index in [1.54, 1.807) is 6.92 Å². The van der Waals surface area contributed by atoms with Crippen LogP contribution in [0.2, 0.25) is 0 Å². The number of hydrogen-bond donors (Lipinski definition) is 6. The predicted molar refractivity (Wildman–Crippen MR) is 89.0 cm³/mol. The molecule has 162 valence electrons. The molecule has 0 aliphatic carbocycles. The third-order valence-electron chi connectivity index (χ3n) is 4.87. The van der Waals surface area contributed by atoms with E-state index in [1.165, 1.54) is 6.92 Å². The molecule has 12 heteroatoms. The smallest absolute Gasteiger partial charge is 0.335 e. The molecule has 2 aliphatic heterocycles. The Hall–Kier alpha value is -1.38. The quantitative estimate of drug-likeness (QED) is 0.256. The van der Waals surface area contributed by atoms with Crippen molar-refractivity contribution in [2.75, 3.05) is 13.7 Å². The zero-order chi connectivity index (χ0) is 21.2. The number of amides is 1. The van der Waals surface area contributed by atoms with E-state index in [1.807, 2.05) is 0 Å². The molecule has 0 spiro atoms. The van der Waals surface area contributed by atoms with Gasteiger partial charge in [0.15, 0.2) is 12.4 Å². The first-order valence-corrected chi connectivity index (χ1v) is 8.76. The van der Waals surface area contributed by atoms with E-state index in [0.29, 0.717) is 0 Å². The lowest BCUT2D eigenvalue weighted by Gasteiger charge is -2.47. The van der Waals surface area contributed by atoms with Gasteiger partial charge < -0.3 is 49.8 Å². The van der Waals surface area contributed by atoms with Crippen LogP contribution in [0.3, 0.4) is 0 Å². The lowest BCUT2D eigenvalue weighted by molar-refractivity contribution is -0.327. The highest BCUT2D eigenvalue weighted by Crippen LogP contribution is 2.30. The Balaban J connectivity index is 2.26. The lowest BCUT2D eigenvalue weighted by Crippen LogP contribution is -2.67. The Bertz CT molecular complexity index is 561. The van der Waals surface area contributed by atoms with Gasteiger partial charge in [0.1, 0.15) is 36.6 Å². The molecule has 0 aromatic carbocycles. The largest absolute Gasteiger partial charge is 0.479 e. The molecule has 1 amide bonds. The molecule has 2 aliphatic rings. The summed E-state index contributed by atoms with van der Waals surface area (Å²) < 4.78 is 21.2. The molecule has 6 N–H and O–H groups in total. The standard InChI is InChI=1S/C16H27NO11/c1-5-8(17-6(2)19)12(9(20)7(4-18)26-5)27-16-11(22)10(21)13(25-3)14(28-16)15(23)24/h5,7-14,16,18,20-22H,4H2,1-3H3,(H,17,19)(H,23,24)/t5-,7?,8?,9?,10?,11?,12?,13?,14?,16?/m0/s1. The minimum atomic E-state index is -1.70. The summed E-state index contributed by atoms with van der Waals surface area (Å²) in [6.45, 7) is 2.28. The maximum atomic E-state index is 11.5. The zero-order valence-electron chi connectivity index (χ0n) is 15.7. The van der Waals surface area contributed by atoms with Gasteiger partial charge in [0, 0.05) is 14.0 Å². The fraction of sp³-hybridized carbons (Fsp3) is 0.875. The van der Waals surface area contributed by atoms with Crippen LogP contribution in [-0.2, 0) is 28.5 Å². The van der Waals surface area contributed by atoms with Gasteiger partial charge in [0.25, 0.3) is 0 Å². The second-order valence-electron chi connectivity index (χ2n) is 6.82. The van der Waals surface area contributed by atoms with Gasteiger partial charge >= 0.3 is 5.97 Å². The summed E-state index contributed by atoms with van der Waals surface area (Å²) >= 11 is 0. The van der Waals surface area contributed by atoms with Gasteiger partial charge in [-0.2, -0.15) is 0 Å². The highest BCUT2D eigenvalue weighted by molar-refractivity contribution is 5.73. The van der Waals surface area contributed by atoms with Crippen molar-refractivity contribution in [3.63, 3.8) is 0 Å². The summed E-state index contributed by atoms with van der Waals surface area (Å²) in [4.78, 5) is 23.0. The van der Waals surface area contributed by atoms with Gasteiger partial charge in [0.05, 0.1) is 18.8 Å². The summed E-state index contributed by atoms with van der Waals surface area (Å²) in [5.74, 6) is -1.89. The maximum absolute atomic E-state index is 11.5. The van der Waals surface area contributed by atoms with E-state index in [2.05, 4.69) is 5.32 Å². The molecule has 9 unspecified atom stereocenters. The first kappa shape index (κ1) is 22.9. The monoisotopic (exact) mass is 409 g/mol. The Labute approximate surface area is 160 Å². The number of aliphatic hydroxyl groups is 4. The Morgan fingerprint density at radius 2 is 1.71 bits per heavy atom. The van der Waals surface area contributed by atoms with Crippen LogP contribution in [0.5, 0.6) is 0 Å². The minimum absolute atomic E-state index is 0.447. The van der Waals surface area contributed by atoms with Crippen molar-refractivity contribution < 1.29 is 54.1 Å². The summed E-state index contributed by atoms with van der Waals surface area (Å²) in [5.41, 5.74) is 0. The number of rotatable bonds is 6. The number of ether oxygens (including phenoxy) is 4. The van der Waals surface area contributed by atoms with Gasteiger partial charge in [0.2, 0.25) is 5.91 Å². The van der Waals surface area contributed by atoms with Gasteiger partial charge in [-0.05, 0) is 6.92 Å². The molecule has 0 radical (unpaired) electrons. The normalized spacial score (nSPS) is 44.1. The van der Waals surface area contributed by atoms with Crippen molar-refractivity contribution >= 4 is 11.9 Å². The molecule has 2 heterocycles. The molecule has 0 aromatic rings. The zero-order valence-corrected chi connectivity index (χ0v) is 15.7. The number of carbonyl (C=O) groups is 2. The lowest BCUT2D eigenvalue weighted by atomic mass is 9.92. The number of aliphatic carboxylic acids is 1. The van der Waals surface area contributed by atoms with Crippen LogP contribution in [-0.4, -0.2) is 112 Å². The molecule has 0 saturated carbocycles. The van der Waals surface area contributed by atoms with Crippen LogP contribution >= 0.6 is 0 Å². The second-order valence-corrected chi connectivity index (χ2v) is 6.82. The number of carboxylic acid groups (broad SMARTS) is 1.